The number of pyridine rings is 1. The summed E-state index contributed by atoms with van der Waals surface area (Å²) < 4.78 is 10.8. The van der Waals surface area contributed by atoms with Crippen molar-refractivity contribution in [1.29, 1.82) is 0 Å². The average molecular weight is 287 g/mol. The minimum absolute atomic E-state index is 0.0842. The molecular weight excluding hydrogens is 270 g/mol. The number of hydrogen-bond acceptors (Lipinski definition) is 5. The number of hydrogen-bond donors (Lipinski definition) is 1. The van der Waals surface area contributed by atoms with E-state index in [0.29, 0.717) is 12.3 Å². The molecule has 0 radical (unpaired) electrons. The fourth-order valence-electron chi connectivity index (χ4n) is 2.52. The highest BCUT2D eigenvalue weighted by Crippen LogP contribution is 2.28. The van der Waals surface area contributed by atoms with Gasteiger partial charge in [-0.25, -0.2) is 0 Å². The second kappa shape index (κ2) is 6.05. The maximum Gasteiger partial charge on any atom is 0.290 e. The minimum Gasteiger partial charge on any atom is -0.371 e. The molecule has 3 rings (SSSR count). The summed E-state index contributed by atoms with van der Waals surface area (Å²) in [4.78, 5) is 16.2. The minimum atomic E-state index is -0.259. The van der Waals surface area contributed by atoms with Crippen LogP contribution < -0.4 is 5.32 Å². The number of aryl methyl sites for hydroxylation is 1. The average Bonchev–Trinajstić information content (AvgIpc) is 2.95. The van der Waals surface area contributed by atoms with Crippen LogP contribution in [0.5, 0.6) is 0 Å². The van der Waals surface area contributed by atoms with Gasteiger partial charge < -0.3 is 14.6 Å². The monoisotopic (exact) mass is 287 g/mol. The summed E-state index contributed by atoms with van der Waals surface area (Å²) in [5, 5.41) is 6.71. The first kappa shape index (κ1) is 13.8. The van der Waals surface area contributed by atoms with Gasteiger partial charge in [0, 0.05) is 25.1 Å². The molecule has 2 aromatic rings. The molecule has 1 N–H and O–H groups in total. The molecule has 0 unspecified atom stereocenters. The highest BCUT2D eigenvalue weighted by Gasteiger charge is 2.29. The van der Waals surface area contributed by atoms with Crippen LogP contribution in [0, 0.1) is 6.92 Å². The van der Waals surface area contributed by atoms with Gasteiger partial charge in [-0.15, -0.1) is 0 Å². The SMILES string of the molecule is Cc1cc(C(=O)N[C@H]2CCCO[C@@H]2c2ccncc2)on1. The Labute approximate surface area is 122 Å². The van der Waals surface area contributed by atoms with E-state index < -0.39 is 0 Å². The van der Waals surface area contributed by atoms with E-state index in [0.717, 1.165) is 18.4 Å². The number of nitrogens with zero attached hydrogens (tertiary/aromatic N) is 2. The largest absolute Gasteiger partial charge is 0.371 e. The lowest BCUT2D eigenvalue weighted by molar-refractivity contribution is -0.00983. The molecule has 2 aromatic heterocycles. The lowest BCUT2D eigenvalue weighted by Gasteiger charge is -2.32. The quantitative estimate of drug-likeness (QED) is 0.934. The Morgan fingerprint density at radius 1 is 1.38 bits per heavy atom. The van der Waals surface area contributed by atoms with Gasteiger partial charge in [0.1, 0.15) is 6.10 Å². The van der Waals surface area contributed by atoms with Gasteiger partial charge in [0.15, 0.2) is 0 Å². The molecule has 6 nitrogen and oxygen atoms in total. The molecule has 0 saturated carbocycles. The number of carbonyl (C=O) groups excluding carboxylic acids is 1. The summed E-state index contributed by atoms with van der Waals surface area (Å²) >= 11 is 0. The Bertz CT molecular complexity index is 612. The molecule has 1 aliphatic rings. The van der Waals surface area contributed by atoms with Crippen LogP contribution in [0.1, 0.15) is 40.8 Å². The molecule has 1 fully saturated rings. The van der Waals surface area contributed by atoms with E-state index in [-0.39, 0.29) is 23.8 Å². The van der Waals surface area contributed by atoms with Crippen molar-refractivity contribution in [3.8, 4) is 0 Å². The fourth-order valence-corrected chi connectivity index (χ4v) is 2.52. The van der Waals surface area contributed by atoms with Gasteiger partial charge in [-0.2, -0.15) is 0 Å². The van der Waals surface area contributed by atoms with Crippen LogP contribution in [0.15, 0.2) is 35.1 Å². The van der Waals surface area contributed by atoms with Crippen molar-refractivity contribution < 1.29 is 14.1 Å². The summed E-state index contributed by atoms with van der Waals surface area (Å²) in [7, 11) is 0. The van der Waals surface area contributed by atoms with Gasteiger partial charge >= 0.3 is 0 Å². The normalized spacial score (nSPS) is 22.0. The molecule has 0 aromatic carbocycles. The Morgan fingerprint density at radius 2 is 2.19 bits per heavy atom. The topological polar surface area (TPSA) is 77.2 Å². The second-order valence-corrected chi connectivity index (χ2v) is 5.13. The third kappa shape index (κ3) is 3.11. The maximum atomic E-state index is 12.2. The van der Waals surface area contributed by atoms with Crippen LogP contribution >= 0.6 is 0 Å². The fraction of sp³-hybridized carbons (Fsp3) is 0.400. The predicted octanol–water partition coefficient (Wildman–Crippen LogP) is 2.03. The van der Waals surface area contributed by atoms with E-state index in [9.17, 15) is 4.79 Å². The van der Waals surface area contributed by atoms with Crippen LogP contribution in [0.2, 0.25) is 0 Å². The molecule has 0 spiro atoms. The third-order valence-electron chi connectivity index (χ3n) is 3.53. The smallest absolute Gasteiger partial charge is 0.290 e. The van der Waals surface area contributed by atoms with Crippen molar-refractivity contribution in [3.63, 3.8) is 0 Å². The number of rotatable bonds is 3. The zero-order valence-corrected chi connectivity index (χ0v) is 11.8. The molecule has 1 amide bonds. The summed E-state index contributed by atoms with van der Waals surface area (Å²) in [6.07, 6.45) is 5.08. The summed E-state index contributed by atoms with van der Waals surface area (Å²) in [5.74, 6) is -0.0308. The first-order chi connectivity index (χ1) is 10.2. The van der Waals surface area contributed by atoms with Crippen LogP contribution in [-0.2, 0) is 4.74 Å². The highest BCUT2D eigenvalue weighted by atomic mass is 16.5. The van der Waals surface area contributed by atoms with E-state index in [4.69, 9.17) is 9.26 Å². The van der Waals surface area contributed by atoms with Gasteiger partial charge in [0.25, 0.3) is 5.91 Å². The van der Waals surface area contributed by atoms with Crippen LogP contribution in [0.4, 0.5) is 0 Å². The molecule has 0 aliphatic carbocycles. The Balaban J connectivity index is 1.74. The number of aromatic nitrogens is 2. The standard InChI is InChI=1S/C15H17N3O3/c1-10-9-13(21-18-10)15(19)17-12-3-2-8-20-14(12)11-4-6-16-7-5-11/h4-7,9,12,14H,2-3,8H2,1H3,(H,17,19)/t12-,14+/m0/s1. The number of amides is 1. The summed E-state index contributed by atoms with van der Waals surface area (Å²) in [5.41, 5.74) is 1.70. The zero-order valence-electron chi connectivity index (χ0n) is 11.8. The van der Waals surface area contributed by atoms with Crippen LogP contribution in [0.25, 0.3) is 0 Å². The molecule has 110 valence electrons. The Morgan fingerprint density at radius 3 is 2.90 bits per heavy atom. The zero-order chi connectivity index (χ0) is 14.7. The van der Waals surface area contributed by atoms with Gasteiger partial charge in [0.05, 0.1) is 11.7 Å². The Kier molecular flexibility index (Phi) is 3.96. The number of nitrogens with one attached hydrogen (secondary N) is 1. The molecule has 6 heteroatoms. The summed E-state index contributed by atoms with van der Waals surface area (Å²) in [6.45, 7) is 2.48. The van der Waals surface area contributed by atoms with Crippen LogP contribution in [0.3, 0.4) is 0 Å². The summed E-state index contributed by atoms with van der Waals surface area (Å²) in [6, 6.07) is 5.36. The van der Waals surface area contributed by atoms with Crippen LogP contribution in [-0.4, -0.2) is 28.7 Å². The van der Waals surface area contributed by atoms with Crippen molar-refractivity contribution in [2.45, 2.75) is 31.9 Å². The van der Waals surface area contributed by atoms with Gasteiger partial charge in [0.2, 0.25) is 5.76 Å². The van der Waals surface area contributed by atoms with Gasteiger partial charge in [-0.1, -0.05) is 5.16 Å². The lowest BCUT2D eigenvalue weighted by atomic mass is 9.96. The van der Waals surface area contributed by atoms with Crippen molar-refractivity contribution in [1.82, 2.24) is 15.5 Å². The second-order valence-electron chi connectivity index (χ2n) is 5.13. The van der Waals surface area contributed by atoms with Gasteiger partial charge in [-0.3, -0.25) is 9.78 Å². The van der Waals surface area contributed by atoms with E-state index >= 15 is 0 Å². The van der Waals surface area contributed by atoms with E-state index in [1.54, 1.807) is 25.4 Å². The predicted molar refractivity (Wildman–Crippen MR) is 74.7 cm³/mol. The van der Waals surface area contributed by atoms with Crippen molar-refractivity contribution >= 4 is 5.91 Å². The highest BCUT2D eigenvalue weighted by molar-refractivity contribution is 5.91. The van der Waals surface area contributed by atoms with Crippen molar-refractivity contribution in [2.75, 3.05) is 6.61 Å². The number of carbonyl (C=O) groups is 1. The van der Waals surface area contributed by atoms with Crippen molar-refractivity contribution in [3.05, 3.63) is 47.6 Å². The lowest BCUT2D eigenvalue weighted by Crippen LogP contribution is -2.42. The molecule has 1 saturated heterocycles. The van der Waals surface area contributed by atoms with E-state index in [2.05, 4.69) is 15.5 Å². The number of ether oxygens (including phenoxy) is 1. The molecule has 1 aliphatic heterocycles. The molecule has 2 atom stereocenters. The first-order valence-electron chi connectivity index (χ1n) is 7.00. The first-order valence-corrected chi connectivity index (χ1v) is 7.00. The van der Waals surface area contributed by atoms with E-state index in [1.165, 1.54) is 0 Å². The molecule has 3 heterocycles. The molecule has 21 heavy (non-hydrogen) atoms. The maximum absolute atomic E-state index is 12.2. The molecule has 0 bridgehead atoms. The molecular formula is C15H17N3O3. The van der Waals surface area contributed by atoms with Gasteiger partial charge in [-0.05, 0) is 37.5 Å². The Hall–Kier alpha value is -2.21. The van der Waals surface area contributed by atoms with Crippen molar-refractivity contribution in [2.24, 2.45) is 0 Å². The van der Waals surface area contributed by atoms with E-state index in [1.807, 2.05) is 12.1 Å². The third-order valence-corrected chi connectivity index (χ3v) is 3.53.